The number of aliphatic hydroxyl groups is 1. The normalized spacial score (nSPS) is 23.2. The summed E-state index contributed by atoms with van der Waals surface area (Å²) in [6.45, 7) is 5.38. The van der Waals surface area contributed by atoms with Crippen LogP contribution in [0.1, 0.15) is 41.0 Å². The van der Waals surface area contributed by atoms with Crippen molar-refractivity contribution < 1.29 is 23.2 Å². The van der Waals surface area contributed by atoms with Crippen molar-refractivity contribution >= 4 is 0 Å². The van der Waals surface area contributed by atoms with Crippen molar-refractivity contribution in [2.45, 2.75) is 38.0 Å². The summed E-state index contributed by atoms with van der Waals surface area (Å²) in [6, 6.07) is 26.2. The zero-order valence-electron chi connectivity index (χ0n) is 21.0. The highest BCUT2D eigenvalue weighted by Gasteiger charge is 2.48. The zero-order chi connectivity index (χ0) is 25.5. The predicted octanol–water partition coefficient (Wildman–Crippen LogP) is 5.59. The average Bonchev–Trinajstić information content (AvgIpc) is 3.40. The number of rotatable bonds is 7. The van der Waals surface area contributed by atoms with Crippen LogP contribution in [0, 0.1) is 18.7 Å². The Labute approximate surface area is 216 Å². The molecule has 0 amide bonds. The van der Waals surface area contributed by atoms with Crippen LogP contribution in [0.2, 0.25) is 0 Å². The molecule has 3 aliphatic heterocycles. The number of hydrogen-bond donors (Lipinski definition) is 1. The van der Waals surface area contributed by atoms with Gasteiger partial charge in [-0.05, 0) is 29.7 Å². The summed E-state index contributed by atoms with van der Waals surface area (Å²) in [6.07, 6.45) is 2.17. The van der Waals surface area contributed by atoms with E-state index in [-0.39, 0.29) is 11.9 Å². The van der Waals surface area contributed by atoms with Crippen LogP contribution in [-0.4, -0.2) is 40.5 Å². The molecule has 0 radical (unpaired) electrons. The quantitative estimate of drug-likeness (QED) is 0.337. The number of benzene rings is 3. The third-order valence-electron chi connectivity index (χ3n) is 8.28. The van der Waals surface area contributed by atoms with E-state index < -0.39 is 5.60 Å². The molecule has 1 unspecified atom stereocenters. The monoisotopic (exact) mass is 499 g/mol. The molecule has 0 aliphatic carbocycles. The maximum atomic E-state index is 14.1. The molecule has 190 valence electrons. The van der Waals surface area contributed by atoms with Crippen LogP contribution in [-0.2, 0) is 12.1 Å². The van der Waals surface area contributed by atoms with Crippen molar-refractivity contribution in [1.82, 2.24) is 5.16 Å². The Morgan fingerprint density at radius 1 is 0.973 bits per heavy atom. The van der Waals surface area contributed by atoms with Gasteiger partial charge >= 0.3 is 0 Å². The Morgan fingerprint density at radius 3 is 2.24 bits per heavy atom. The highest BCUT2D eigenvalue weighted by Crippen LogP contribution is 2.40. The first-order valence-corrected chi connectivity index (χ1v) is 13.0. The Hall–Kier alpha value is -3.48. The van der Waals surface area contributed by atoms with Crippen molar-refractivity contribution in [3.63, 3.8) is 0 Å². The first-order chi connectivity index (χ1) is 18.0. The molecule has 3 fully saturated rings. The van der Waals surface area contributed by atoms with Gasteiger partial charge in [0.05, 0.1) is 13.1 Å². The SMILES string of the molecule is Cc1ccc(OC2C[N+]3(Cc4cc(C(O)(c5ccccc5)c5ccccc5)no4)CCC2CC3)cc1F. The molecule has 4 heterocycles. The second-order valence-corrected chi connectivity index (χ2v) is 10.7. The molecular weight excluding hydrogens is 467 g/mol. The lowest BCUT2D eigenvalue weighted by Gasteiger charge is -2.51. The van der Waals surface area contributed by atoms with Gasteiger partial charge in [-0.25, -0.2) is 4.39 Å². The average molecular weight is 500 g/mol. The molecule has 3 aliphatic rings. The van der Waals surface area contributed by atoms with Crippen LogP contribution in [0.25, 0.3) is 0 Å². The molecule has 5 nitrogen and oxygen atoms in total. The summed E-state index contributed by atoms with van der Waals surface area (Å²) < 4.78 is 27.1. The Bertz CT molecular complexity index is 1320. The standard InChI is InChI=1S/C31H32FN2O3/c1-22-12-13-26(18-28(22)32)36-29-21-34(16-14-23(29)15-17-34)20-27-19-30(33-37-27)31(35,24-8-4-2-5-9-24)25-10-6-3-7-11-25/h2-13,18-19,23,29,35H,14-17,20-21H2,1H3/q+1. The van der Waals surface area contributed by atoms with E-state index >= 15 is 0 Å². The van der Waals surface area contributed by atoms with Gasteiger partial charge in [-0.15, -0.1) is 0 Å². The molecule has 0 spiro atoms. The number of piperidine rings is 3. The number of ether oxygens (including phenoxy) is 1. The smallest absolute Gasteiger partial charge is 0.191 e. The molecule has 3 aromatic carbocycles. The maximum Gasteiger partial charge on any atom is 0.191 e. The summed E-state index contributed by atoms with van der Waals surface area (Å²) in [5.41, 5.74) is 1.17. The van der Waals surface area contributed by atoms with Gasteiger partial charge in [-0.2, -0.15) is 0 Å². The minimum absolute atomic E-state index is 0.0394. The summed E-state index contributed by atoms with van der Waals surface area (Å²) in [5.74, 6) is 1.59. The van der Waals surface area contributed by atoms with Gasteiger partial charge in [0, 0.05) is 30.9 Å². The minimum atomic E-state index is -1.42. The van der Waals surface area contributed by atoms with Crippen LogP contribution in [0.3, 0.4) is 0 Å². The van der Waals surface area contributed by atoms with Gasteiger partial charge in [0.1, 0.15) is 30.4 Å². The Kier molecular flexibility index (Phi) is 6.09. The third-order valence-corrected chi connectivity index (χ3v) is 8.28. The van der Waals surface area contributed by atoms with Crippen molar-refractivity contribution in [2.75, 3.05) is 19.6 Å². The fraction of sp³-hybridized carbons (Fsp3) is 0.323. The maximum absolute atomic E-state index is 14.1. The highest BCUT2D eigenvalue weighted by atomic mass is 19.1. The molecule has 1 atom stereocenters. The van der Waals surface area contributed by atoms with Crippen molar-refractivity contribution in [3.05, 3.63) is 119 Å². The van der Waals surface area contributed by atoms with Crippen LogP contribution in [0.4, 0.5) is 4.39 Å². The van der Waals surface area contributed by atoms with Gasteiger partial charge in [0.15, 0.2) is 17.5 Å². The van der Waals surface area contributed by atoms with E-state index in [1.54, 1.807) is 13.0 Å². The summed E-state index contributed by atoms with van der Waals surface area (Å²) in [5, 5.41) is 16.4. The molecule has 4 aromatic rings. The first-order valence-electron chi connectivity index (χ1n) is 13.0. The first kappa shape index (κ1) is 23.9. The fourth-order valence-electron chi connectivity index (χ4n) is 6.11. The number of quaternary nitrogens is 1. The van der Waals surface area contributed by atoms with Crippen LogP contribution in [0.5, 0.6) is 5.75 Å². The van der Waals surface area contributed by atoms with Crippen molar-refractivity contribution in [1.29, 1.82) is 0 Å². The van der Waals surface area contributed by atoms with Crippen LogP contribution >= 0.6 is 0 Å². The molecule has 0 saturated carbocycles. The minimum Gasteiger partial charge on any atom is -0.484 e. The van der Waals surface area contributed by atoms with E-state index in [2.05, 4.69) is 5.16 Å². The number of aromatic nitrogens is 1. The fourth-order valence-corrected chi connectivity index (χ4v) is 6.11. The largest absolute Gasteiger partial charge is 0.484 e. The summed E-state index contributed by atoms with van der Waals surface area (Å²) in [4.78, 5) is 0. The molecule has 1 aromatic heterocycles. The van der Waals surface area contributed by atoms with Crippen molar-refractivity contribution in [3.8, 4) is 5.75 Å². The van der Waals surface area contributed by atoms with Crippen molar-refractivity contribution in [2.24, 2.45) is 5.92 Å². The molecule has 37 heavy (non-hydrogen) atoms. The van der Waals surface area contributed by atoms with Gasteiger partial charge in [0.25, 0.3) is 0 Å². The van der Waals surface area contributed by atoms with Crippen LogP contribution in [0.15, 0.2) is 89.5 Å². The van der Waals surface area contributed by atoms with Gasteiger partial charge in [0.2, 0.25) is 0 Å². The third kappa shape index (κ3) is 4.45. The zero-order valence-corrected chi connectivity index (χ0v) is 21.0. The van der Waals surface area contributed by atoms with E-state index in [0.29, 0.717) is 29.5 Å². The molecular formula is C31H32FN2O3+. The lowest BCUT2D eigenvalue weighted by Crippen LogP contribution is -2.64. The lowest BCUT2D eigenvalue weighted by molar-refractivity contribution is -0.959. The number of halogens is 1. The van der Waals surface area contributed by atoms with Gasteiger partial charge < -0.3 is 18.8 Å². The highest BCUT2D eigenvalue weighted by molar-refractivity contribution is 5.44. The second kappa shape index (κ2) is 9.43. The van der Waals surface area contributed by atoms with Crippen LogP contribution < -0.4 is 4.74 Å². The van der Waals surface area contributed by atoms with E-state index in [1.807, 2.05) is 72.8 Å². The Morgan fingerprint density at radius 2 is 1.62 bits per heavy atom. The molecule has 6 heteroatoms. The van der Waals surface area contributed by atoms with E-state index in [4.69, 9.17) is 9.26 Å². The molecule has 7 rings (SSSR count). The summed E-state index contributed by atoms with van der Waals surface area (Å²) in [7, 11) is 0. The molecule has 3 saturated heterocycles. The van der Waals surface area contributed by atoms with Gasteiger partial charge in [-0.1, -0.05) is 71.9 Å². The predicted molar refractivity (Wildman–Crippen MR) is 138 cm³/mol. The number of nitrogens with zero attached hydrogens (tertiary/aromatic N) is 2. The Balaban J connectivity index is 1.25. The topological polar surface area (TPSA) is 55.5 Å². The second-order valence-electron chi connectivity index (χ2n) is 10.7. The summed E-state index contributed by atoms with van der Waals surface area (Å²) >= 11 is 0. The number of hydrogen-bond acceptors (Lipinski definition) is 4. The molecule has 1 N–H and O–H groups in total. The number of fused-ring (bicyclic) bond motifs is 3. The van der Waals surface area contributed by atoms with E-state index in [9.17, 15) is 9.50 Å². The lowest BCUT2D eigenvalue weighted by atomic mass is 9.82. The van der Waals surface area contributed by atoms with E-state index in [0.717, 1.165) is 53.8 Å². The van der Waals surface area contributed by atoms with E-state index in [1.165, 1.54) is 6.07 Å². The van der Waals surface area contributed by atoms with Gasteiger partial charge in [-0.3, -0.25) is 0 Å². The molecule has 2 bridgehead atoms. The number of aryl methyl sites for hydroxylation is 1.